The molecule has 0 bridgehead atoms. The molecule has 0 aliphatic carbocycles. The summed E-state index contributed by atoms with van der Waals surface area (Å²) in [6.07, 6.45) is 5.55. The second kappa shape index (κ2) is 16.0. The minimum absolute atomic E-state index is 0.00256. The van der Waals surface area contributed by atoms with Crippen LogP contribution in [0.25, 0.3) is 11.1 Å². The van der Waals surface area contributed by atoms with Gasteiger partial charge in [-0.15, -0.1) is 0 Å². The van der Waals surface area contributed by atoms with Crippen LogP contribution in [0.4, 0.5) is 4.79 Å². The summed E-state index contributed by atoms with van der Waals surface area (Å²) in [7, 11) is 0. The molecule has 3 aromatic carbocycles. The van der Waals surface area contributed by atoms with Crippen LogP contribution < -0.4 is 5.32 Å². The van der Waals surface area contributed by atoms with Gasteiger partial charge in [0.25, 0.3) is 0 Å². The fraction of sp³-hybridized carbons (Fsp3) is 0.462. The number of nitrogens with one attached hydrogen (secondary N) is 1. The Balaban J connectivity index is 1.20. The third kappa shape index (κ3) is 8.31. The molecule has 3 aliphatic heterocycles. The Morgan fingerprint density at radius 3 is 2.45 bits per heavy atom. The number of hydrogen-bond donors (Lipinski definition) is 2. The maximum Gasteiger partial charge on any atom is 0.407 e. The fourth-order valence-electron chi connectivity index (χ4n) is 7.29. The number of ether oxygens (including phenoxy) is 3. The molecule has 0 spiro atoms. The topological polar surface area (TPSA) is 83.5 Å². The molecule has 0 unspecified atom stereocenters. The van der Waals surface area contributed by atoms with Gasteiger partial charge in [-0.25, -0.2) is 4.79 Å². The molecule has 3 fully saturated rings. The van der Waals surface area contributed by atoms with E-state index in [1.165, 1.54) is 38.8 Å². The molecule has 3 heterocycles. The monoisotopic (exact) mass is 639 g/mol. The van der Waals surface area contributed by atoms with Crippen molar-refractivity contribution < 1.29 is 24.1 Å². The number of carbonyl (C=O) groups excluding carboxylic acids is 1. The van der Waals surface area contributed by atoms with Crippen molar-refractivity contribution in [1.29, 1.82) is 0 Å². The van der Waals surface area contributed by atoms with Crippen LogP contribution in [0.15, 0.2) is 85.5 Å². The first-order valence-corrected chi connectivity index (χ1v) is 17.2. The number of alkyl carbamates (subject to hydrolysis) is 1. The largest absolute Gasteiger partial charge is 0.445 e. The van der Waals surface area contributed by atoms with Crippen molar-refractivity contribution in [2.75, 3.05) is 39.3 Å². The molecule has 3 saturated heterocycles. The van der Waals surface area contributed by atoms with Crippen molar-refractivity contribution in [3.63, 3.8) is 0 Å². The quantitative estimate of drug-likeness (QED) is 0.216. The highest BCUT2D eigenvalue weighted by Crippen LogP contribution is 2.42. The van der Waals surface area contributed by atoms with Crippen LogP contribution in [0.2, 0.25) is 0 Å². The van der Waals surface area contributed by atoms with Gasteiger partial charge in [-0.3, -0.25) is 4.90 Å². The van der Waals surface area contributed by atoms with E-state index in [-0.39, 0.29) is 31.3 Å². The van der Waals surface area contributed by atoms with E-state index in [9.17, 15) is 9.90 Å². The van der Waals surface area contributed by atoms with Gasteiger partial charge in [-0.1, -0.05) is 92.4 Å². The van der Waals surface area contributed by atoms with Crippen LogP contribution in [0.5, 0.6) is 0 Å². The van der Waals surface area contributed by atoms with Crippen LogP contribution in [-0.4, -0.2) is 72.5 Å². The van der Waals surface area contributed by atoms with Gasteiger partial charge in [-0.05, 0) is 73.1 Å². The van der Waals surface area contributed by atoms with Gasteiger partial charge in [0.05, 0.1) is 18.8 Å². The van der Waals surface area contributed by atoms with Crippen molar-refractivity contribution in [2.24, 2.45) is 5.92 Å². The number of amides is 1. The summed E-state index contributed by atoms with van der Waals surface area (Å²) >= 11 is 0. The van der Waals surface area contributed by atoms with Gasteiger partial charge in [0, 0.05) is 37.2 Å². The van der Waals surface area contributed by atoms with E-state index in [0.717, 1.165) is 53.0 Å². The lowest BCUT2D eigenvalue weighted by Gasteiger charge is -2.43. The van der Waals surface area contributed by atoms with E-state index in [1.54, 1.807) is 6.08 Å². The molecule has 47 heavy (non-hydrogen) atoms. The Bertz CT molecular complexity index is 1460. The summed E-state index contributed by atoms with van der Waals surface area (Å²) in [5.74, 6) is 0.149. The SMILES string of the molecule is C=CCOC(=O)NCc1ccccc1-c1ccc([C@H]2O[C@@H](CN3CCC[C@H]3CN3CCCC3)[C@@H](C)[C@@H](c3ccc(CO)cc3)O2)cc1. The summed E-state index contributed by atoms with van der Waals surface area (Å²) in [6.45, 7) is 12.0. The van der Waals surface area contributed by atoms with Crippen LogP contribution in [0, 0.1) is 5.92 Å². The normalized spacial score (nSPS) is 25.1. The molecule has 2 N–H and O–H groups in total. The lowest BCUT2D eigenvalue weighted by atomic mass is 9.89. The minimum Gasteiger partial charge on any atom is -0.445 e. The smallest absolute Gasteiger partial charge is 0.407 e. The van der Waals surface area contributed by atoms with E-state index in [4.69, 9.17) is 14.2 Å². The highest BCUT2D eigenvalue weighted by Gasteiger charge is 2.40. The second-order valence-electron chi connectivity index (χ2n) is 13.1. The van der Waals surface area contributed by atoms with Crippen molar-refractivity contribution in [2.45, 2.75) is 70.3 Å². The zero-order valence-corrected chi connectivity index (χ0v) is 27.6. The van der Waals surface area contributed by atoms with Gasteiger partial charge < -0.3 is 29.5 Å². The summed E-state index contributed by atoms with van der Waals surface area (Å²) in [5.41, 5.74) is 6.05. The second-order valence-corrected chi connectivity index (χ2v) is 13.1. The average Bonchev–Trinajstić information content (AvgIpc) is 3.80. The molecular formula is C39H49N3O5. The molecule has 0 aromatic heterocycles. The van der Waals surface area contributed by atoms with Gasteiger partial charge in [0.15, 0.2) is 6.29 Å². The Hall–Kier alpha value is -3.53. The summed E-state index contributed by atoms with van der Waals surface area (Å²) in [4.78, 5) is 17.3. The zero-order valence-electron chi connectivity index (χ0n) is 27.6. The molecule has 1 amide bonds. The molecule has 3 aliphatic rings. The fourth-order valence-corrected chi connectivity index (χ4v) is 7.29. The minimum atomic E-state index is -0.510. The molecule has 8 nitrogen and oxygen atoms in total. The standard InChI is InChI=1S/C39H49N3O5/c1-3-23-45-39(44)40-24-33-9-4-5-11-35(33)30-16-18-32(19-17-30)38-46-36(26-42-22-8-10-34(42)25-41-20-6-7-21-41)28(2)37(47-38)31-14-12-29(27-43)13-15-31/h3-5,9,11-19,28,34,36-38,43H,1,6-8,10,20-27H2,2H3,(H,40,44)/t28-,34+,36+,37+,38+/m1/s1. The Morgan fingerprint density at radius 2 is 1.70 bits per heavy atom. The van der Waals surface area contributed by atoms with Crippen molar-refractivity contribution >= 4 is 6.09 Å². The van der Waals surface area contributed by atoms with Gasteiger partial charge in [0.2, 0.25) is 0 Å². The molecule has 250 valence electrons. The first-order chi connectivity index (χ1) is 23.0. The van der Waals surface area contributed by atoms with Gasteiger partial charge in [-0.2, -0.15) is 0 Å². The molecular weight excluding hydrogens is 590 g/mol. The predicted octanol–water partition coefficient (Wildman–Crippen LogP) is 6.61. The van der Waals surface area contributed by atoms with E-state index in [2.05, 4.69) is 71.1 Å². The highest BCUT2D eigenvalue weighted by molar-refractivity contribution is 5.70. The van der Waals surface area contributed by atoms with Crippen LogP contribution in [-0.2, 0) is 27.4 Å². The number of carbonyl (C=O) groups is 1. The molecule has 0 radical (unpaired) electrons. The lowest BCUT2D eigenvalue weighted by molar-refractivity contribution is -0.276. The van der Waals surface area contributed by atoms with Crippen LogP contribution in [0.3, 0.4) is 0 Å². The number of benzene rings is 3. The van der Waals surface area contributed by atoms with E-state index >= 15 is 0 Å². The maximum atomic E-state index is 12.0. The predicted molar refractivity (Wildman–Crippen MR) is 184 cm³/mol. The Kier molecular flexibility index (Phi) is 11.4. The summed E-state index contributed by atoms with van der Waals surface area (Å²) in [6, 6.07) is 25.1. The number of rotatable bonds is 12. The van der Waals surface area contributed by atoms with Crippen LogP contribution in [0.1, 0.15) is 67.3 Å². The van der Waals surface area contributed by atoms with E-state index in [0.29, 0.717) is 12.6 Å². The van der Waals surface area contributed by atoms with Crippen molar-refractivity contribution in [1.82, 2.24) is 15.1 Å². The number of likely N-dealkylation sites (tertiary alicyclic amines) is 2. The van der Waals surface area contributed by atoms with Crippen LogP contribution >= 0.6 is 0 Å². The third-order valence-electron chi connectivity index (χ3n) is 9.97. The molecule has 3 aromatic rings. The molecule has 5 atom stereocenters. The van der Waals surface area contributed by atoms with Crippen molar-refractivity contribution in [3.05, 3.63) is 108 Å². The van der Waals surface area contributed by atoms with Gasteiger partial charge >= 0.3 is 6.09 Å². The summed E-state index contributed by atoms with van der Waals surface area (Å²) in [5, 5.41) is 12.5. The highest BCUT2D eigenvalue weighted by atomic mass is 16.7. The summed E-state index contributed by atoms with van der Waals surface area (Å²) < 4.78 is 18.7. The van der Waals surface area contributed by atoms with Gasteiger partial charge in [0.1, 0.15) is 6.61 Å². The lowest BCUT2D eigenvalue weighted by Crippen LogP contribution is -2.48. The zero-order chi connectivity index (χ0) is 32.6. The maximum absolute atomic E-state index is 12.0. The average molecular weight is 640 g/mol. The Labute approximate surface area is 279 Å². The molecule has 6 rings (SSSR count). The number of hydrogen-bond acceptors (Lipinski definition) is 7. The Morgan fingerprint density at radius 1 is 0.957 bits per heavy atom. The van der Waals surface area contributed by atoms with E-state index in [1.807, 2.05) is 30.3 Å². The number of aliphatic hydroxyl groups excluding tert-OH is 1. The molecule has 0 saturated carbocycles. The first-order valence-electron chi connectivity index (χ1n) is 17.2. The first kappa shape index (κ1) is 33.4. The van der Waals surface area contributed by atoms with Crippen molar-refractivity contribution in [3.8, 4) is 11.1 Å². The molecule has 8 heteroatoms. The number of aliphatic hydroxyl groups is 1. The van der Waals surface area contributed by atoms with E-state index < -0.39 is 12.4 Å². The number of nitrogens with zero attached hydrogens (tertiary/aromatic N) is 2. The third-order valence-corrected chi connectivity index (χ3v) is 9.97.